The highest BCUT2D eigenvalue weighted by atomic mass is 32.1. The summed E-state index contributed by atoms with van der Waals surface area (Å²) >= 11 is 4.86. The minimum Gasteiger partial charge on any atom is -0.393 e. The van der Waals surface area contributed by atoms with E-state index in [1.165, 1.54) is 6.26 Å². The minimum absolute atomic E-state index is 0.155. The lowest BCUT2D eigenvalue weighted by atomic mass is 10.0. The van der Waals surface area contributed by atoms with E-state index in [9.17, 15) is 4.79 Å². The van der Waals surface area contributed by atoms with Crippen LogP contribution in [-0.4, -0.2) is 16.1 Å². The number of nitrogens with one attached hydrogen (secondary N) is 1. The number of carbonyl (C=O) groups excluding carboxylic acids is 1. The summed E-state index contributed by atoms with van der Waals surface area (Å²) in [5, 5.41) is 6.41. The fourth-order valence-electron chi connectivity index (χ4n) is 1.32. The second kappa shape index (κ2) is 6.22. The van der Waals surface area contributed by atoms with Crippen molar-refractivity contribution in [1.82, 2.24) is 10.5 Å². The average molecular weight is 241 g/mol. The Hall–Kier alpha value is -1.43. The number of amides is 1. The van der Waals surface area contributed by atoms with Gasteiger partial charge >= 0.3 is 0 Å². The Morgan fingerprint density at radius 3 is 3.00 bits per heavy atom. The van der Waals surface area contributed by atoms with Gasteiger partial charge in [0.1, 0.15) is 12.0 Å². The number of nitrogens with two attached hydrogens (primary N) is 1. The standard InChI is InChI=1S/C10H15N3O2S/c1-2-3-8(9(11)16)10(14)12-6-7-4-5-15-13-7/h4-5,8H,2-3,6H2,1H3,(H2,11,16)(H,12,14). The summed E-state index contributed by atoms with van der Waals surface area (Å²) in [6.07, 6.45) is 2.98. The Morgan fingerprint density at radius 2 is 2.50 bits per heavy atom. The summed E-state index contributed by atoms with van der Waals surface area (Å²) in [6, 6.07) is 1.69. The number of thiocarbonyl (C=S) groups is 1. The van der Waals surface area contributed by atoms with Crippen LogP contribution >= 0.6 is 12.2 Å². The monoisotopic (exact) mass is 241 g/mol. The molecule has 0 spiro atoms. The van der Waals surface area contributed by atoms with Gasteiger partial charge in [0.25, 0.3) is 0 Å². The summed E-state index contributed by atoms with van der Waals surface area (Å²) in [5.74, 6) is -0.552. The van der Waals surface area contributed by atoms with Crippen LogP contribution in [0, 0.1) is 5.92 Å². The van der Waals surface area contributed by atoms with E-state index in [0.717, 1.165) is 6.42 Å². The van der Waals surface area contributed by atoms with Crippen molar-refractivity contribution in [1.29, 1.82) is 0 Å². The third-order valence-electron chi connectivity index (χ3n) is 2.17. The van der Waals surface area contributed by atoms with Crippen LogP contribution in [0.1, 0.15) is 25.5 Å². The van der Waals surface area contributed by atoms with Gasteiger partial charge in [0.2, 0.25) is 5.91 Å². The van der Waals surface area contributed by atoms with Gasteiger partial charge in [-0.3, -0.25) is 4.79 Å². The molecule has 0 fully saturated rings. The van der Waals surface area contributed by atoms with Crippen LogP contribution in [0.4, 0.5) is 0 Å². The molecule has 1 aromatic rings. The maximum atomic E-state index is 11.7. The van der Waals surface area contributed by atoms with E-state index >= 15 is 0 Å². The summed E-state index contributed by atoms with van der Waals surface area (Å²) in [6.45, 7) is 2.31. The fraction of sp³-hybridized carbons (Fsp3) is 0.500. The molecule has 1 rings (SSSR count). The third-order valence-corrected chi connectivity index (χ3v) is 2.46. The van der Waals surface area contributed by atoms with E-state index in [0.29, 0.717) is 18.7 Å². The first-order chi connectivity index (χ1) is 7.65. The van der Waals surface area contributed by atoms with Gasteiger partial charge in [-0.25, -0.2) is 0 Å². The van der Waals surface area contributed by atoms with Crippen LogP contribution in [-0.2, 0) is 11.3 Å². The summed E-state index contributed by atoms with van der Waals surface area (Å²) in [5.41, 5.74) is 6.18. The van der Waals surface area contributed by atoms with Crippen LogP contribution in [0.3, 0.4) is 0 Å². The van der Waals surface area contributed by atoms with Crippen molar-refractivity contribution < 1.29 is 9.32 Å². The second-order valence-corrected chi connectivity index (χ2v) is 3.92. The number of rotatable bonds is 6. The molecule has 1 atom stereocenters. The van der Waals surface area contributed by atoms with E-state index in [2.05, 4.69) is 15.0 Å². The number of aromatic nitrogens is 1. The fourth-order valence-corrected chi connectivity index (χ4v) is 1.55. The van der Waals surface area contributed by atoms with Crippen molar-refractivity contribution >= 4 is 23.1 Å². The number of hydrogen-bond donors (Lipinski definition) is 2. The van der Waals surface area contributed by atoms with Crippen molar-refractivity contribution in [3.8, 4) is 0 Å². The molecule has 1 amide bonds. The van der Waals surface area contributed by atoms with Crippen LogP contribution in [0.5, 0.6) is 0 Å². The van der Waals surface area contributed by atoms with E-state index in [1.807, 2.05) is 6.92 Å². The van der Waals surface area contributed by atoms with Crippen molar-refractivity contribution in [2.45, 2.75) is 26.3 Å². The number of nitrogens with zero attached hydrogens (tertiary/aromatic N) is 1. The Labute approximate surface area is 99.4 Å². The molecule has 16 heavy (non-hydrogen) atoms. The molecule has 6 heteroatoms. The zero-order valence-corrected chi connectivity index (χ0v) is 9.92. The smallest absolute Gasteiger partial charge is 0.230 e. The quantitative estimate of drug-likeness (QED) is 0.726. The molecular weight excluding hydrogens is 226 g/mol. The van der Waals surface area contributed by atoms with Crippen LogP contribution in [0.25, 0.3) is 0 Å². The van der Waals surface area contributed by atoms with Crippen molar-refractivity contribution in [3.05, 3.63) is 18.0 Å². The molecule has 1 heterocycles. The minimum atomic E-state index is -0.396. The molecule has 0 radical (unpaired) electrons. The zero-order chi connectivity index (χ0) is 12.0. The highest BCUT2D eigenvalue weighted by molar-refractivity contribution is 7.80. The topological polar surface area (TPSA) is 81.2 Å². The summed E-state index contributed by atoms with van der Waals surface area (Å²) in [7, 11) is 0. The van der Waals surface area contributed by atoms with Gasteiger partial charge in [0, 0.05) is 6.07 Å². The lowest BCUT2D eigenvalue weighted by molar-refractivity contribution is -0.123. The molecule has 0 aromatic carbocycles. The molecule has 5 nitrogen and oxygen atoms in total. The first-order valence-corrected chi connectivity index (χ1v) is 5.52. The van der Waals surface area contributed by atoms with E-state index < -0.39 is 5.92 Å². The van der Waals surface area contributed by atoms with E-state index in [-0.39, 0.29) is 10.9 Å². The van der Waals surface area contributed by atoms with E-state index in [1.54, 1.807) is 6.07 Å². The van der Waals surface area contributed by atoms with Gasteiger partial charge in [-0.05, 0) is 6.42 Å². The van der Waals surface area contributed by atoms with Gasteiger partial charge in [-0.2, -0.15) is 0 Å². The molecule has 0 aliphatic carbocycles. The highest BCUT2D eigenvalue weighted by Crippen LogP contribution is 2.07. The maximum absolute atomic E-state index is 11.7. The van der Waals surface area contributed by atoms with Gasteiger partial charge in [-0.1, -0.05) is 30.7 Å². The zero-order valence-electron chi connectivity index (χ0n) is 9.10. The highest BCUT2D eigenvalue weighted by Gasteiger charge is 2.20. The molecule has 3 N–H and O–H groups in total. The van der Waals surface area contributed by atoms with Crippen molar-refractivity contribution in [2.24, 2.45) is 11.7 Å². The molecule has 0 aliphatic heterocycles. The Balaban J connectivity index is 2.46. The number of carbonyl (C=O) groups is 1. The molecule has 0 saturated carbocycles. The van der Waals surface area contributed by atoms with Crippen LogP contribution < -0.4 is 11.1 Å². The molecule has 88 valence electrons. The normalized spacial score (nSPS) is 12.1. The third kappa shape index (κ3) is 3.62. The molecule has 0 saturated heterocycles. The Morgan fingerprint density at radius 1 is 1.75 bits per heavy atom. The first-order valence-electron chi connectivity index (χ1n) is 5.11. The molecule has 1 unspecified atom stereocenters. The maximum Gasteiger partial charge on any atom is 0.230 e. The van der Waals surface area contributed by atoms with Gasteiger partial charge < -0.3 is 15.6 Å². The van der Waals surface area contributed by atoms with Crippen LogP contribution in [0.15, 0.2) is 16.9 Å². The lowest BCUT2D eigenvalue weighted by Crippen LogP contribution is -2.37. The van der Waals surface area contributed by atoms with Crippen molar-refractivity contribution in [3.63, 3.8) is 0 Å². The Kier molecular flexibility index (Phi) is 4.91. The van der Waals surface area contributed by atoms with Gasteiger partial charge in [0.15, 0.2) is 0 Å². The van der Waals surface area contributed by atoms with Crippen LogP contribution in [0.2, 0.25) is 0 Å². The Bertz CT molecular complexity index is 351. The molecule has 1 aromatic heterocycles. The van der Waals surface area contributed by atoms with Crippen molar-refractivity contribution in [2.75, 3.05) is 0 Å². The largest absolute Gasteiger partial charge is 0.393 e. The number of hydrogen-bond acceptors (Lipinski definition) is 4. The lowest BCUT2D eigenvalue weighted by Gasteiger charge is -2.13. The predicted octanol–water partition coefficient (Wildman–Crippen LogP) is 0.993. The SMILES string of the molecule is CCCC(C(=O)NCc1ccon1)C(N)=S. The first kappa shape index (κ1) is 12.6. The molecule has 0 aliphatic rings. The predicted molar refractivity (Wildman–Crippen MR) is 63.5 cm³/mol. The molecule has 0 bridgehead atoms. The summed E-state index contributed by atoms with van der Waals surface area (Å²) < 4.78 is 4.65. The second-order valence-electron chi connectivity index (χ2n) is 3.45. The average Bonchev–Trinajstić information content (AvgIpc) is 2.75. The van der Waals surface area contributed by atoms with E-state index in [4.69, 9.17) is 18.0 Å². The molecular formula is C10H15N3O2S. The van der Waals surface area contributed by atoms with Gasteiger partial charge in [0.05, 0.1) is 17.5 Å². The summed E-state index contributed by atoms with van der Waals surface area (Å²) in [4.78, 5) is 12.0. The van der Waals surface area contributed by atoms with Gasteiger partial charge in [-0.15, -0.1) is 0 Å².